The fourth-order valence-corrected chi connectivity index (χ4v) is 5.93. The van der Waals surface area contributed by atoms with Crippen LogP contribution in [0.15, 0.2) is 43.0 Å². The molecule has 0 amide bonds. The van der Waals surface area contributed by atoms with E-state index in [1.165, 1.54) is 6.07 Å². The van der Waals surface area contributed by atoms with E-state index in [2.05, 4.69) is 21.2 Å². The summed E-state index contributed by atoms with van der Waals surface area (Å²) in [6.07, 6.45) is 7.02. The highest BCUT2D eigenvalue weighted by molar-refractivity contribution is 7.99. The van der Waals surface area contributed by atoms with Gasteiger partial charge in [-0.1, -0.05) is 12.1 Å². The number of hydrogen-bond acceptors (Lipinski definition) is 5. The maximum atomic E-state index is 15.1. The molecular weight excluding hydrogens is 415 g/mol. The zero-order valence-electron chi connectivity index (χ0n) is 18.3. The number of aromatic nitrogens is 3. The van der Waals surface area contributed by atoms with Crippen LogP contribution in [-0.4, -0.2) is 53.3 Å². The number of nitrogens with one attached hydrogen (secondary N) is 1. The van der Waals surface area contributed by atoms with E-state index in [1.54, 1.807) is 29.8 Å². The van der Waals surface area contributed by atoms with Crippen LogP contribution >= 0.6 is 0 Å². The highest BCUT2D eigenvalue weighted by Crippen LogP contribution is 2.34. The van der Waals surface area contributed by atoms with Crippen molar-refractivity contribution in [2.45, 2.75) is 43.6 Å². The van der Waals surface area contributed by atoms with Crippen LogP contribution in [0, 0.1) is 5.82 Å². The van der Waals surface area contributed by atoms with E-state index in [0.717, 1.165) is 16.9 Å². The smallest absolute Gasteiger partial charge is 0.158 e. The zero-order chi connectivity index (χ0) is 22.6. The molecule has 1 saturated heterocycles. The van der Waals surface area contributed by atoms with Gasteiger partial charge in [-0.25, -0.2) is 13.7 Å². The van der Waals surface area contributed by atoms with Crippen molar-refractivity contribution >= 4 is 21.2 Å². The third kappa shape index (κ3) is 3.55. The quantitative estimate of drug-likeness (QED) is 0.603. The van der Waals surface area contributed by atoms with Gasteiger partial charge in [-0.3, -0.25) is 14.5 Å². The minimum Gasteiger partial charge on any atom is -0.315 e. The molecule has 1 aliphatic rings. The summed E-state index contributed by atoms with van der Waals surface area (Å²) in [5, 5.41) is 3.35. The van der Waals surface area contributed by atoms with Gasteiger partial charge in [-0.15, -0.1) is 0 Å². The number of hydrogen-bond donors (Lipinski definition) is 2. The van der Waals surface area contributed by atoms with Crippen molar-refractivity contribution in [1.29, 1.82) is 0 Å². The summed E-state index contributed by atoms with van der Waals surface area (Å²) in [4.78, 5) is 8.84. The molecule has 4 rings (SSSR count). The van der Waals surface area contributed by atoms with E-state index in [1.807, 2.05) is 43.6 Å². The van der Waals surface area contributed by atoms with Crippen LogP contribution in [0.1, 0.15) is 37.6 Å². The van der Waals surface area contributed by atoms with Crippen molar-refractivity contribution in [3.63, 3.8) is 0 Å². The molecular formula is C22H29FN6OS. The monoisotopic (exact) mass is 444 g/mol. The predicted molar refractivity (Wildman–Crippen MR) is 123 cm³/mol. The number of fused-ring (bicyclic) bond motifs is 1. The number of imidazole rings is 1. The van der Waals surface area contributed by atoms with Crippen molar-refractivity contribution in [1.82, 2.24) is 24.0 Å². The van der Waals surface area contributed by atoms with Crippen LogP contribution in [0.25, 0.3) is 5.65 Å². The van der Waals surface area contributed by atoms with Gasteiger partial charge in [0.15, 0.2) is 5.65 Å². The minimum atomic E-state index is -2.69. The number of benzene rings is 1. The van der Waals surface area contributed by atoms with Crippen molar-refractivity contribution in [3.05, 3.63) is 65.6 Å². The van der Waals surface area contributed by atoms with E-state index in [-0.39, 0.29) is 5.82 Å². The Bertz CT molecular complexity index is 1240. The maximum Gasteiger partial charge on any atom is 0.158 e. The van der Waals surface area contributed by atoms with E-state index in [9.17, 15) is 4.21 Å². The lowest BCUT2D eigenvalue weighted by Gasteiger charge is -2.36. The lowest BCUT2D eigenvalue weighted by atomic mass is 9.88. The lowest BCUT2D eigenvalue weighted by molar-refractivity contribution is 0.265. The number of nitrogens with zero attached hydrogens (tertiary/aromatic N) is 4. The molecule has 2 unspecified atom stereocenters. The third-order valence-electron chi connectivity index (χ3n) is 6.47. The molecule has 166 valence electrons. The normalized spacial score (nSPS) is 29.2. The van der Waals surface area contributed by atoms with Crippen LogP contribution in [-0.2, 0) is 21.7 Å². The highest BCUT2D eigenvalue weighted by Gasteiger charge is 2.47. The Hall–Kier alpha value is -2.33. The van der Waals surface area contributed by atoms with Gasteiger partial charge < -0.3 is 10.1 Å². The van der Waals surface area contributed by atoms with Gasteiger partial charge in [0.2, 0.25) is 0 Å². The molecule has 2 aromatic heterocycles. The molecule has 3 heterocycles. The second kappa shape index (κ2) is 7.37. The average Bonchev–Trinajstić information content (AvgIpc) is 3.17. The van der Waals surface area contributed by atoms with Crippen LogP contribution < -0.4 is 11.1 Å². The summed E-state index contributed by atoms with van der Waals surface area (Å²) in [7, 11) is -0.942. The first-order valence-electron chi connectivity index (χ1n) is 10.1. The fourth-order valence-electron chi connectivity index (χ4n) is 4.21. The van der Waals surface area contributed by atoms with Crippen LogP contribution in [0.4, 0.5) is 4.39 Å². The summed E-state index contributed by atoms with van der Waals surface area (Å²) >= 11 is 0. The van der Waals surface area contributed by atoms with Crippen molar-refractivity contribution in [2.24, 2.45) is 5.73 Å². The second-order valence-corrected chi connectivity index (χ2v) is 12.0. The molecule has 0 spiro atoms. The van der Waals surface area contributed by atoms with Gasteiger partial charge in [0.25, 0.3) is 0 Å². The highest BCUT2D eigenvalue weighted by atomic mass is 32.2. The molecule has 1 aromatic carbocycles. The van der Waals surface area contributed by atoms with Gasteiger partial charge >= 0.3 is 0 Å². The molecule has 3 N–H and O–H groups in total. The van der Waals surface area contributed by atoms with E-state index >= 15 is 4.39 Å². The molecule has 0 aliphatic carbocycles. The number of halogens is 1. The first kappa shape index (κ1) is 21.9. The van der Waals surface area contributed by atoms with Gasteiger partial charge in [0.05, 0.1) is 22.1 Å². The first-order chi connectivity index (χ1) is 14.5. The number of nitrogens with two attached hydrogens (primary N) is 1. The van der Waals surface area contributed by atoms with E-state index in [0.29, 0.717) is 18.5 Å². The van der Waals surface area contributed by atoms with Gasteiger partial charge in [0.1, 0.15) is 5.82 Å². The van der Waals surface area contributed by atoms with Crippen LogP contribution in [0.2, 0.25) is 0 Å². The Labute approximate surface area is 182 Å². The van der Waals surface area contributed by atoms with E-state index < -0.39 is 26.2 Å². The molecule has 1 fully saturated rings. The van der Waals surface area contributed by atoms with Crippen molar-refractivity contribution in [3.8, 4) is 0 Å². The van der Waals surface area contributed by atoms with E-state index in [4.69, 9.17) is 5.73 Å². The second-order valence-electron chi connectivity index (χ2n) is 9.01. The predicted octanol–water partition coefficient (Wildman–Crippen LogP) is 1.90. The Kier molecular flexibility index (Phi) is 5.20. The molecule has 0 radical (unpaired) electrons. The zero-order valence-corrected chi connectivity index (χ0v) is 19.1. The number of rotatable bonds is 3. The SMILES string of the molecule is C=S1(=O)N(C)C[C@@](C)(c2cc(Cc3nccn4ccnc34)ccc2F)NC(N)C1(C)C. The summed E-state index contributed by atoms with van der Waals surface area (Å²) in [6, 6.07) is 5.05. The Morgan fingerprint density at radius 3 is 2.68 bits per heavy atom. The standard InChI is InChI=1S/C22H29FN6OS/c1-21(2)20(24)27-22(3,14-28(4)31(21,5)30)16-12-15(6-7-17(16)23)13-18-19-26-9-11-29(19)10-8-25-18/h6-12,20,27H,5,13-14,24H2,1-4H3/t20?,22-,31?/m0/s1. The molecule has 0 bridgehead atoms. The van der Waals surface area contributed by atoms with Crippen LogP contribution in [0.5, 0.6) is 0 Å². The molecule has 31 heavy (non-hydrogen) atoms. The summed E-state index contributed by atoms with van der Waals surface area (Å²) in [5.41, 5.74) is 8.50. The molecule has 0 saturated carbocycles. The third-order valence-corrected chi connectivity index (χ3v) is 9.50. The average molecular weight is 445 g/mol. The molecule has 3 atom stereocenters. The molecule has 3 aromatic rings. The van der Waals surface area contributed by atoms with Gasteiger partial charge in [0, 0.05) is 53.0 Å². The Morgan fingerprint density at radius 1 is 1.29 bits per heavy atom. The lowest BCUT2D eigenvalue weighted by Crippen LogP contribution is -2.60. The number of likely N-dealkylation sites (N-methyl/N-ethyl adjacent to an activating group) is 1. The first-order valence-corrected chi connectivity index (χ1v) is 11.8. The summed E-state index contributed by atoms with van der Waals surface area (Å²) in [5.74, 6) is 3.63. The fraction of sp³-hybridized carbons (Fsp3) is 0.409. The van der Waals surface area contributed by atoms with Gasteiger partial charge in [-0.2, -0.15) is 0 Å². The van der Waals surface area contributed by atoms with Gasteiger partial charge in [-0.05, 0) is 45.3 Å². The molecule has 1 aliphatic heterocycles. The molecule has 9 heteroatoms. The Balaban J connectivity index is 1.75. The Morgan fingerprint density at radius 2 is 1.97 bits per heavy atom. The van der Waals surface area contributed by atoms with Crippen molar-refractivity contribution < 1.29 is 8.60 Å². The van der Waals surface area contributed by atoms with Crippen molar-refractivity contribution in [2.75, 3.05) is 13.6 Å². The minimum absolute atomic E-state index is 0.293. The largest absolute Gasteiger partial charge is 0.315 e. The maximum absolute atomic E-state index is 15.1. The molecule has 7 nitrogen and oxygen atoms in total. The topological polar surface area (TPSA) is 88.5 Å². The summed E-state index contributed by atoms with van der Waals surface area (Å²) < 4.78 is 31.3. The van der Waals surface area contributed by atoms with Crippen LogP contribution in [0.3, 0.4) is 0 Å². The summed E-state index contributed by atoms with van der Waals surface area (Å²) in [6.45, 7) is 5.83.